The first-order valence-electron chi connectivity index (χ1n) is 8.69. The molecule has 1 amide bonds. The maximum absolute atomic E-state index is 13.3. The summed E-state index contributed by atoms with van der Waals surface area (Å²) in [6.07, 6.45) is 3.01. The van der Waals surface area contributed by atoms with Gasteiger partial charge >= 0.3 is 0 Å². The van der Waals surface area contributed by atoms with Crippen LogP contribution in [0.2, 0.25) is 0 Å². The Morgan fingerprint density at radius 3 is 2.93 bits per heavy atom. The molecule has 3 aromatic rings. The van der Waals surface area contributed by atoms with Gasteiger partial charge < -0.3 is 9.64 Å². The van der Waals surface area contributed by atoms with E-state index < -0.39 is 5.82 Å². The van der Waals surface area contributed by atoms with Gasteiger partial charge in [0.1, 0.15) is 18.1 Å². The van der Waals surface area contributed by atoms with E-state index in [-0.39, 0.29) is 28.9 Å². The quantitative estimate of drug-likeness (QED) is 0.714. The fraction of sp³-hybridized carbons (Fsp3) is 0.250. The number of ether oxygens (including phenoxy) is 1. The van der Waals surface area contributed by atoms with Crippen molar-refractivity contribution in [2.75, 3.05) is 18.6 Å². The van der Waals surface area contributed by atoms with Crippen LogP contribution in [0.15, 0.2) is 47.5 Å². The molecule has 2 heterocycles. The molecule has 2 aromatic carbocycles. The second-order valence-electron chi connectivity index (χ2n) is 6.48. The van der Waals surface area contributed by atoms with Gasteiger partial charge in [0.15, 0.2) is 0 Å². The number of methoxy groups -OCH3 is 1. The number of nitrogens with zero attached hydrogens (tertiary/aromatic N) is 3. The number of hydrogen-bond donors (Lipinski definition) is 0. The topological polar surface area (TPSA) is 64.4 Å². The van der Waals surface area contributed by atoms with E-state index in [1.165, 1.54) is 29.1 Å². The van der Waals surface area contributed by atoms with E-state index in [4.69, 9.17) is 4.74 Å². The highest BCUT2D eigenvalue weighted by molar-refractivity contribution is 5.94. The first-order valence-corrected chi connectivity index (χ1v) is 8.69. The maximum Gasteiger partial charge on any atom is 0.261 e. The van der Waals surface area contributed by atoms with Crippen molar-refractivity contribution in [1.29, 1.82) is 0 Å². The number of aryl methyl sites for hydroxylation is 1. The highest BCUT2D eigenvalue weighted by atomic mass is 19.1. The van der Waals surface area contributed by atoms with Gasteiger partial charge in [-0.2, -0.15) is 0 Å². The molecular weight excluding hydrogens is 349 g/mol. The summed E-state index contributed by atoms with van der Waals surface area (Å²) in [5.74, 6) is 0.111. The van der Waals surface area contributed by atoms with Crippen LogP contribution in [-0.2, 0) is 17.8 Å². The molecule has 1 aliphatic heterocycles. The molecule has 4 rings (SSSR count). The van der Waals surface area contributed by atoms with Crippen LogP contribution in [0.5, 0.6) is 5.75 Å². The van der Waals surface area contributed by atoms with Crippen molar-refractivity contribution in [3.63, 3.8) is 0 Å². The number of carbonyl (C=O) groups excluding carboxylic acids is 1. The third-order valence-corrected chi connectivity index (χ3v) is 4.80. The average molecular weight is 367 g/mol. The number of halogens is 1. The van der Waals surface area contributed by atoms with Gasteiger partial charge in [-0.15, -0.1) is 0 Å². The van der Waals surface area contributed by atoms with Gasteiger partial charge in [0.25, 0.3) is 5.56 Å². The normalized spacial score (nSPS) is 13.5. The summed E-state index contributed by atoms with van der Waals surface area (Å²) in [5, 5.41) is 0.287. The molecule has 1 aliphatic rings. The van der Waals surface area contributed by atoms with Gasteiger partial charge in [-0.05, 0) is 48.7 Å². The van der Waals surface area contributed by atoms with Crippen LogP contribution in [-0.4, -0.2) is 29.1 Å². The molecule has 0 saturated carbocycles. The zero-order chi connectivity index (χ0) is 19.0. The Labute approximate surface area is 154 Å². The van der Waals surface area contributed by atoms with Gasteiger partial charge in [0, 0.05) is 18.3 Å². The number of rotatable bonds is 3. The third-order valence-electron chi connectivity index (χ3n) is 4.80. The summed E-state index contributed by atoms with van der Waals surface area (Å²) < 4.78 is 19.8. The highest BCUT2D eigenvalue weighted by Gasteiger charge is 2.23. The summed E-state index contributed by atoms with van der Waals surface area (Å²) >= 11 is 0. The van der Waals surface area contributed by atoms with E-state index >= 15 is 0 Å². The van der Waals surface area contributed by atoms with E-state index in [1.807, 2.05) is 18.2 Å². The molecule has 7 heteroatoms. The van der Waals surface area contributed by atoms with Crippen molar-refractivity contribution in [3.8, 4) is 5.75 Å². The molecule has 138 valence electrons. The first-order chi connectivity index (χ1) is 13.1. The van der Waals surface area contributed by atoms with Crippen molar-refractivity contribution >= 4 is 22.5 Å². The monoisotopic (exact) mass is 367 g/mol. The lowest BCUT2D eigenvalue weighted by Gasteiger charge is -2.30. The van der Waals surface area contributed by atoms with Crippen molar-refractivity contribution in [2.24, 2.45) is 0 Å². The second-order valence-corrected chi connectivity index (χ2v) is 6.48. The molecule has 0 bridgehead atoms. The Balaban J connectivity index is 1.64. The van der Waals surface area contributed by atoms with Crippen molar-refractivity contribution in [2.45, 2.75) is 19.4 Å². The van der Waals surface area contributed by atoms with E-state index in [0.29, 0.717) is 6.54 Å². The molecule has 0 spiro atoms. The minimum atomic E-state index is -0.455. The summed E-state index contributed by atoms with van der Waals surface area (Å²) in [5.41, 5.74) is 1.81. The summed E-state index contributed by atoms with van der Waals surface area (Å²) in [7, 11) is 1.61. The Morgan fingerprint density at radius 2 is 2.11 bits per heavy atom. The molecule has 0 saturated heterocycles. The third kappa shape index (κ3) is 3.16. The smallest absolute Gasteiger partial charge is 0.261 e. The predicted molar refractivity (Wildman–Crippen MR) is 99.6 cm³/mol. The number of fused-ring (bicyclic) bond motifs is 2. The van der Waals surface area contributed by atoms with Gasteiger partial charge in [-0.1, -0.05) is 0 Å². The largest absolute Gasteiger partial charge is 0.497 e. The SMILES string of the molecule is COc1ccc2c(c1)CCCN2C(=O)Cn1cnc2cc(F)ccc2c1=O. The lowest BCUT2D eigenvalue weighted by molar-refractivity contribution is -0.119. The first kappa shape index (κ1) is 17.2. The highest BCUT2D eigenvalue weighted by Crippen LogP contribution is 2.30. The minimum Gasteiger partial charge on any atom is -0.497 e. The fourth-order valence-corrected chi connectivity index (χ4v) is 3.43. The van der Waals surface area contributed by atoms with Gasteiger partial charge in [0.05, 0.1) is 24.3 Å². The summed E-state index contributed by atoms with van der Waals surface area (Å²) in [4.78, 5) is 31.3. The Morgan fingerprint density at radius 1 is 1.26 bits per heavy atom. The summed E-state index contributed by atoms with van der Waals surface area (Å²) in [6.45, 7) is 0.476. The second kappa shape index (κ2) is 6.83. The van der Waals surface area contributed by atoms with Crippen LogP contribution in [0.4, 0.5) is 10.1 Å². The Hall–Kier alpha value is -3.22. The minimum absolute atomic E-state index is 0.120. The number of amides is 1. The van der Waals surface area contributed by atoms with E-state index in [1.54, 1.807) is 12.0 Å². The molecule has 1 aromatic heterocycles. The number of benzene rings is 2. The molecular formula is C20H18FN3O3. The molecule has 0 aliphatic carbocycles. The number of hydrogen-bond acceptors (Lipinski definition) is 4. The molecule has 27 heavy (non-hydrogen) atoms. The van der Waals surface area contributed by atoms with Crippen LogP contribution in [0.3, 0.4) is 0 Å². The van der Waals surface area contributed by atoms with Gasteiger partial charge in [0.2, 0.25) is 5.91 Å². The van der Waals surface area contributed by atoms with Crippen molar-refractivity contribution < 1.29 is 13.9 Å². The molecule has 0 unspecified atom stereocenters. The maximum atomic E-state index is 13.3. The zero-order valence-electron chi connectivity index (χ0n) is 14.8. The van der Waals surface area contributed by atoms with E-state index in [0.717, 1.165) is 29.8 Å². The van der Waals surface area contributed by atoms with Crippen molar-refractivity contribution in [3.05, 3.63) is 64.5 Å². The Kier molecular flexibility index (Phi) is 4.35. The number of aromatic nitrogens is 2. The fourth-order valence-electron chi connectivity index (χ4n) is 3.43. The molecule has 0 N–H and O–H groups in total. The lowest BCUT2D eigenvalue weighted by atomic mass is 10.0. The average Bonchev–Trinajstić information content (AvgIpc) is 2.69. The Bertz CT molecular complexity index is 1090. The van der Waals surface area contributed by atoms with Gasteiger partial charge in [-0.25, -0.2) is 9.37 Å². The zero-order valence-corrected chi connectivity index (χ0v) is 14.8. The van der Waals surface area contributed by atoms with Gasteiger partial charge in [-0.3, -0.25) is 14.2 Å². The van der Waals surface area contributed by atoms with Crippen LogP contribution in [0, 0.1) is 5.82 Å². The predicted octanol–water partition coefficient (Wildman–Crippen LogP) is 2.52. The van der Waals surface area contributed by atoms with E-state index in [2.05, 4.69) is 4.98 Å². The molecule has 0 atom stereocenters. The lowest BCUT2D eigenvalue weighted by Crippen LogP contribution is -2.39. The summed E-state index contributed by atoms with van der Waals surface area (Å²) in [6, 6.07) is 9.44. The van der Waals surface area contributed by atoms with Crippen LogP contribution in [0.25, 0.3) is 10.9 Å². The van der Waals surface area contributed by atoms with E-state index in [9.17, 15) is 14.0 Å². The van der Waals surface area contributed by atoms with Crippen LogP contribution < -0.4 is 15.2 Å². The van der Waals surface area contributed by atoms with Crippen LogP contribution >= 0.6 is 0 Å². The van der Waals surface area contributed by atoms with Crippen LogP contribution in [0.1, 0.15) is 12.0 Å². The molecule has 0 fully saturated rings. The standard InChI is InChI=1S/C20H18FN3O3/c1-27-15-5-7-18-13(9-15)3-2-8-24(18)19(25)11-23-12-22-17-10-14(21)4-6-16(17)20(23)26/h4-7,9-10,12H,2-3,8,11H2,1H3. The molecule has 0 radical (unpaired) electrons. The molecule has 6 nitrogen and oxygen atoms in total. The number of anilines is 1. The van der Waals surface area contributed by atoms with Crippen molar-refractivity contribution in [1.82, 2.24) is 9.55 Å². The number of carbonyl (C=O) groups is 1.